The lowest BCUT2D eigenvalue weighted by Gasteiger charge is -2.27. The molecule has 2 unspecified atom stereocenters. The van der Waals surface area contributed by atoms with E-state index in [-0.39, 0.29) is 11.8 Å². The molecule has 2 amide bonds. The number of nitrogens with zero attached hydrogens (tertiary/aromatic N) is 1. The Morgan fingerprint density at radius 3 is 2.62 bits per heavy atom. The molecule has 0 spiro atoms. The zero-order valence-electron chi connectivity index (χ0n) is 18.0. The largest absolute Gasteiger partial charge is 0.355 e. The Labute approximate surface area is 180 Å². The van der Waals surface area contributed by atoms with Crippen LogP contribution in [0, 0.1) is 0 Å². The molecule has 29 heavy (non-hydrogen) atoms. The second-order valence-corrected chi connectivity index (χ2v) is 9.21. The molecule has 7 heteroatoms. The minimum Gasteiger partial charge on any atom is -0.355 e. The number of unbranched alkanes of at least 4 members (excludes halogenated alkanes) is 2. The van der Waals surface area contributed by atoms with E-state index in [0.717, 1.165) is 44.9 Å². The van der Waals surface area contributed by atoms with Crippen molar-refractivity contribution in [2.75, 3.05) is 18.8 Å². The van der Waals surface area contributed by atoms with Gasteiger partial charge < -0.3 is 10.2 Å². The second kappa shape index (κ2) is 12.4. The predicted octanol–water partition coefficient (Wildman–Crippen LogP) is 2.90. The van der Waals surface area contributed by atoms with E-state index < -0.39 is 11.8 Å². The van der Waals surface area contributed by atoms with Crippen molar-refractivity contribution < 1.29 is 9.59 Å². The number of thioether (sulfide) groups is 1. The predicted molar refractivity (Wildman–Crippen MR) is 121 cm³/mol. The summed E-state index contributed by atoms with van der Waals surface area (Å²) in [5, 5.41) is 6.74. The molecule has 2 aliphatic rings. The molecule has 164 valence electrons. The molecule has 2 atom stereocenters. The maximum absolute atomic E-state index is 13.1. The molecule has 1 aliphatic heterocycles. The van der Waals surface area contributed by atoms with Gasteiger partial charge in [0.15, 0.2) is 0 Å². The Morgan fingerprint density at radius 2 is 2.00 bits per heavy atom. The smallest absolute Gasteiger partial charge is 0.245 e. The van der Waals surface area contributed by atoms with Crippen molar-refractivity contribution in [1.82, 2.24) is 15.5 Å². The van der Waals surface area contributed by atoms with Gasteiger partial charge in [-0.05, 0) is 25.7 Å². The van der Waals surface area contributed by atoms with Crippen molar-refractivity contribution in [3.8, 4) is 0 Å². The minimum atomic E-state index is -0.507. The molecule has 0 radical (unpaired) electrons. The fourth-order valence-corrected chi connectivity index (χ4v) is 4.81. The number of hydrogen-bond donors (Lipinski definition) is 3. The number of rotatable bonds is 13. The molecule has 0 aromatic rings. The first-order valence-electron chi connectivity index (χ1n) is 11.1. The first-order valence-corrected chi connectivity index (χ1v) is 12.1. The van der Waals surface area contributed by atoms with Crippen LogP contribution >= 0.6 is 11.8 Å². The molecule has 0 aromatic carbocycles. The zero-order valence-corrected chi connectivity index (χ0v) is 18.8. The first-order chi connectivity index (χ1) is 14.0. The van der Waals surface area contributed by atoms with E-state index in [1.54, 1.807) is 16.7 Å². The third kappa shape index (κ3) is 7.15. The number of amides is 2. The van der Waals surface area contributed by atoms with Gasteiger partial charge in [-0.3, -0.25) is 20.6 Å². The van der Waals surface area contributed by atoms with Crippen molar-refractivity contribution in [2.24, 2.45) is 5.73 Å². The summed E-state index contributed by atoms with van der Waals surface area (Å²) in [5.41, 5.74) is 5.75. The summed E-state index contributed by atoms with van der Waals surface area (Å²) in [6, 6.07) is 0. The summed E-state index contributed by atoms with van der Waals surface area (Å²) >= 11 is 1.66. The maximum atomic E-state index is 13.1. The number of allylic oxidation sites excluding steroid dienone is 3. The molecule has 1 fully saturated rings. The fraction of sp³-hybridized carbons (Fsp3) is 0.727. The van der Waals surface area contributed by atoms with Gasteiger partial charge in [-0.25, -0.2) is 0 Å². The molecule has 0 aromatic heterocycles. The van der Waals surface area contributed by atoms with E-state index in [9.17, 15) is 9.59 Å². The molecular weight excluding hydrogens is 384 g/mol. The Bertz CT molecular complexity index is 585. The molecule has 6 nitrogen and oxygen atoms in total. The summed E-state index contributed by atoms with van der Waals surface area (Å²) in [4.78, 5) is 26.9. The Morgan fingerprint density at radius 1 is 1.28 bits per heavy atom. The monoisotopic (exact) mass is 422 g/mol. The van der Waals surface area contributed by atoms with Crippen LogP contribution < -0.4 is 16.4 Å². The highest BCUT2D eigenvalue weighted by atomic mass is 32.2. The van der Waals surface area contributed by atoms with Crippen molar-refractivity contribution in [2.45, 2.75) is 82.3 Å². The standard InChI is InChI=1S/C22H38N4O2S/c1-3-5-13-22(14-6-4-2)20(28)26(21(23)25-22)16-10-15-24-19(27)17-29-18-11-8-7-9-12-18/h7-9,11,18,21,25H,3-6,10,12-17,23H2,1-2H3,(H,24,27). The lowest BCUT2D eigenvalue weighted by Crippen LogP contribution is -2.49. The SMILES string of the molecule is CCCCC1(CCCC)NC(N)N(CCCNC(=O)CSC2C=CC=CC2)C1=O. The lowest BCUT2D eigenvalue weighted by atomic mass is 9.87. The van der Waals surface area contributed by atoms with Crippen LogP contribution in [0.25, 0.3) is 0 Å². The summed E-state index contributed by atoms with van der Waals surface area (Å²) in [5.74, 6) is 0.642. The van der Waals surface area contributed by atoms with E-state index in [4.69, 9.17) is 5.73 Å². The van der Waals surface area contributed by atoms with Crippen LogP contribution in [0.4, 0.5) is 0 Å². The summed E-state index contributed by atoms with van der Waals surface area (Å²) in [6.45, 7) is 5.42. The normalized spacial score (nSPS) is 23.0. The molecule has 1 heterocycles. The van der Waals surface area contributed by atoms with E-state index in [0.29, 0.717) is 30.5 Å². The molecule has 0 bridgehead atoms. The number of hydrogen-bond acceptors (Lipinski definition) is 5. The molecule has 1 saturated heterocycles. The van der Waals surface area contributed by atoms with Crippen LogP contribution in [0.2, 0.25) is 0 Å². The van der Waals surface area contributed by atoms with Gasteiger partial charge in [-0.1, -0.05) is 63.8 Å². The van der Waals surface area contributed by atoms with E-state index in [1.807, 2.05) is 12.2 Å². The fourth-order valence-electron chi connectivity index (χ4n) is 3.90. The van der Waals surface area contributed by atoms with Gasteiger partial charge in [0.05, 0.1) is 5.75 Å². The van der Waals surface area contributed by atoms with Crippen LogP contribution in [-0.4, -0.2) is 52.6 Å². The van der Waals surface area contributed by atoms with Crippen molar-refractivity contribution in [1.29, 1.82) is 0 Å². The van der Waals surface area contributed by atoms with Gasteiger partial charge in [0.1, 0.15) is 11.8 Å². The van der Waals surface area contributed by atoms with E-state index in [2.05, 4.69) is 36.6 Å². The van der Waals surface area contributed by atoms with E-state index in [1.165, 1.54) is 0 Å². The van der Waals surface area contributed by atoms with Crippen molar-refractivity contribution in [3.63, 3.8) is 0 Å². The van der Waals surface area contributed by atoms with Crippen LogP contribution in [0.15, 0.2) is 24.3 Å². The Balaban J connectivity index is 1.73. The second-order valence-electron chi connectivity index (χ2n) is 7.98. The highest BCUT2D eigenvalue weighted by Crippen LogP contribution is 2.30. The molecular formula is C22H38N4O2S. The first kappa shape index (κ1) is 24.0. The van der Waals surface area contributed by atoms with Gasteiger partial charge in [-0.2, -0.15) is 0 Å². The lowest BCUT2D eigenvalue weighted by molar-refractivity contribution is -0.133. The summed E-state index contributed by atoms with van der Waals surface area (Å²) < 4.78 is 0. The van der Waals surface area contributed by atoms with Gasteiger partial charge in [0, 0.05) is 18.3 Å². The zero-order chi connectivity index (χ0) is 21.1. The highest BCUT2D eigenvalue weighted by Gasteiger charge is 2.48. The number of carbonyl (C=O) groups is 2. The average Bonchev–Trinajstić information content (AvgIpc) is 2.97. The third-order valence-corrected chi connectivity index (χ3v) is 6.82. The van der Waals surface area contributed by atoms with Gasteiger partial charge in [-0.15, -0.1) is 11.8 Å². The average molecular weight is 423 g/mol. The summed E-state index contributed by atoms with van der Waals surface area (Å²) in [7, 11) is 0. The van der Waals surface area contributed by atoms with Crippen LogP contribution in [0.5, 0.6) is 0 Å². The number of nitrogens with one attached hydrogen (secondary N) is 2. The number of nitrogens with two attached hydrogens (primary N) is 1. The van der Waals surface area contributed by atoms with Crippen LogP contribution in [0.3, 0.4) is 0 Å². The minimum absolute atomic E-state index is 0.0494. The summed E-state index contributed by atoms with van der Waals surface area (Å²) in [6.07, 6.45) is 15.4. The van der Waals surface area contributed by atoms with Crippen LogP contribution in [-0.2, 0) is 9.59 Å². The molecule has 1 aliphatic carbocycles. The van der Waals surface area contributed by atoms with Crippen LogP contribution in [0.1, 0.15) is 65.2 Å². The highest BCUT2D eigenvalue weighted by molar-refractivity contribution is 8.00. The van der Waals surface area contributed by atoms with Crippen molar-refractivity contribution >= 4 is 23.6 Å². The molecule has 4 N–H and O–H groups in total. The number of carbonyl (C=O) groups excluding carboxylic acids is 2. The molecule has 2 rings (SSSR count). The van der Waals surface area contributed by atoms with Gasteiger partial charge in [0.25, 0.3) is 0 Å². The van der Waals surface area contributed by atoms with Gasteiger partial charge >= 0.3 is 0 Å². The van der Waals surface area contributed by atoms with Crippen molar-refractivity contribution in [3.05, 3.63) is 24.3 Å². The van der Waals surface area contributed by atoms with E-state index >= 15 is 0 Å². The maximum Gasteiger partial charge on any atom is 0.245 e. The quantitative estimate of drug-likeness (QED) is 0.397. The molecule has 0 saturated carbocycles. The topological polar surface area (TPSA) is 87.5 Å². The van der Waals surface area contributed by atoms with Gasteiger partial charge in [0.2, 0.25) is 11.8 Å². The Kier molecular flexibility index (Phi) is 10.2. The third-order valence-electron chi connectivity index (χ3n) is 5.61. The Hall–Kier alpha value is -1.31.